The van der Waals surface area contributed by atoms with Gasteiger partial charge in [-0.2, -0.15) is 0 Å². The van der Waals surface area contributed by atoms with E-state index < -0.39 is 27.2 Å². The van der Waals surface area contributed by atoms with Crippen LogP contribution in [0.3, 0.4) is 0 Å². The maximum atomic E-state index is 13.7. The first-order valence-electron chi connectivity index (χ1n) is 26.8. The molecule has 0 bridgehead atoms. The summed E-state index contributed by atoms with van der Waals surface area (Å²) in [5.41, 5.74) is 0. The molecule has 1 unspecified atom stereocenters. The van der Waals surface area contributed by atoms with Gasteiger partial charge in [-0.1, -0.05) is 175 Å². The van der Waals surface area contributed by atoms with Crippen LogP contribution in [0.15, 0.2) is 47.4 Å². The minimum absolute atomic E-state index is 0.00582. The molecule has 6 nitrogen and oxygen atoms in total. The van der Waals surface area contributed by atoms with Crippen molar-refractivity contribution in [2.75, 3.05) is 0 Å². The quantitative estimate of drug-likeness (QED) is 0.0301. The van der Waals surface area contributed by atoms with E-state index in [1.165, 1.54) is 77.0 Å². The zero-order valence-corrected chi connectivity index (χ0v) is 47.6. The van der Waals surface area contributed by atoms with Crippen molar-refractivity contribution < 1.29 is 27.9 Å². The minimum atomic E-state index is -2.09. The van der Waals surface area contributed by atoms with Gasteiger partial charge in [-0.05, 0) is 121 Å². The number of carbonyl (C=O) groups excluding carboxylic acids is 1. The van der Waals surface area contributed by atoms with E-state index in [1.807, 2.05) is 13.0 Å². The van der Waals surface area contributed by atoms with Crippen molar-refractivity contribution in [1.29, 1.82) is 0 Å². The molecule has 6 atom stereocenters. The van der Waals surface area contributed by atoms with Gasteiger partial charge >= 0.3 is 5.97 Å². The highest BCUT2D eigenvalue weighted by Gasteiger charge is 2.51. The van der Waals surface area contributed by atoms with Gasteiger partial charge in [0.15, 0.2) is 22.4 Å². The highest BCUT2D eigenvalue weighted by molar-refractivity contribution is 8.01. The summed E-state index contributed by atoms with van der Waals surface area (Å²) in [6.45, 7) is 32.0. The molecule has 0 spiro atoms. The number of ether oxygens (including phenoxy) is 3. The SMILES string of the molecule is CCCCCCCCCCCCCC[C@H]1OC(C)(C)O[C@@H]1CC/C=C\CC[C@@H](CCCCC[C@H](CC1(Sc2ccccc2)C[C@H](C)OC1=O)O[Si](C)(C)C(C)(C)C)O[Si](C)(C)C(C)(C)C. The van der Waals surface area contributed by atoms with Crippen LogP contribution >= 0.6 is 11.8 Å². The van der Waals surface area contributed by atoms with E-state index >= 15 is 0 Å². The van der Waals surface area contributed by atoms with Crippen molar-refractivity contribution >= 4 is 34.4 Å². The first-order chi connectivity index (χ1) is 30.5. The van der Waals surface area contributed by atoms with E-state index in [2.05, 4.69) is 125 Å². The van der Waals surface area contributed by atoms with Crippen molar-refractivity contribution in [3.05, 3.63) is 42.5 Å². The second-order valence-corrected chi connectivity index (χ2v) is 34.7. The monoisotopic (exact) mass is 959 g/mol. The van der Waals surface area contributed by atoms with Gasteiger partial charge in [0.05, 0.1) is 12.2 Å². The zero-order valence-electron chi connectivity index (χ0n) is 44.8. The normalized spacial score (nSPS) is 22.8. The third-order valence-electron chi connectivity index (χ3n) is 15.1. The van der Waals surface area contributed by atoms with Gasteiger partial charge in [-0.3, -0.25) is 4.79 Å². The number of allylic oxidation sites excluding steroid dienone is 2. The van der Waals surface area contributed by atoms with E-state index in [0.717, 1.165) is 69.1 Å². The van der Waals surface area contributed by atoms with Gasteiger partial charge in [0.2, 0.25) is 0 Å². The van der Waals surface area contributed by atoms with Gasteiger partial charge in [-0.15, -0.1) is 11.8 Å². The number of rotatable bonds is 33. The third-order valence-corrected chi connectivity index (χ3v) is 25.5. The summed E-state index contributed by atoms with van der Waals surface area (Å²) in [7, 11) is -4.02. The Morgan fingerprint density at radius 2 is 1.15 bits per heavy atom. The van der Waals surface area contributed by atoms with Crippen LogP contribution in [0.5, 0.6) is 0 Å². The molecule has 9 heteroatoms. The van der Waals surface area contributed by atoms with E-state index in [1.54, 1.807) is 11.8 Å². The van der Waals surface area contributed by atoms with Crippen molar-refractivity contribution in [2.24, 2.45) is 0 Å². The van der Waals surface area contributed by atoms with Crippen LogP contribution in [-0.4, -0.2) is 63.7 Å². The Hall–Kier alpha value is -0.946. The van der Waals surface area contributed by atoms with Gasteiger partial charge in [0.25, 0.3) is 0 Å². The minimum Gasteiger partial charge on any atom is -0.462 e. The molecule has 0 radical (unpaired) electrons. The number of unbranched alkanes of at least 4 members (excludes halogenated alkanes) is 13. The Bertz CT molecular complexity index is 1490. The van der Waals surface area contributed by atoms with Crippen LogP contribution < -0.4 is 0 Å². The fraction of sp³-hybridized carbons (Fsp3) is 0.839. The van der Waals surface area contributed by atoms with E-state index in [4.69, 9.17) is 23.1 Å². The molecule has 2 saturated heterocycles. The number of hydrogen-bond donors (Lipinski definition) is 0. The molecule has 3 rings (SSSR count). The fourth-order valence-electron chi connectivity index (χ4n) is 9.19. The summed E-state index contributed by atoms with van der Waals surface area (Å²) in [6.07, 6.45) is 33.8. The molecule has 2 aliphatic rings. The predicted molar refractivity (Wildman–Crippen MR) is 284 cm³/mol. The lowest BCUT2D eigenvalue weighted by Crippen LogP contribution is -2.46. The molecule has 0 saturated carbocycles. The number of carbonyl (C=O) groups is 1. The maximum Gasteiger partial charge on any atom is 0.323 e. The molecule has 1 aromatic rings. The van der Waals surface area contributed by atoms with Crippen LogP contribution in [0.2, 0.25) is 36.3 Å². The summed E-state index contributed by atoms with van der Waals surface area (Å²) >= 11 is 1.68. The lowest BCUT2D eigenvalue weighted by Gasteiger charge is -2.41. The average molecular weight is 960 g/mol. The molecule has 0 N–H and O–H groups in total. The number of cyclic esters (lactones) is 1. The molecule has 2 fully saturated rings. The molecule has 0 amide bonds. The highest BCUT2D eigenvalue weighted by atomic mass is 32.2. The van der Waals surface area contributed by atoms with Gasteiger partial charge < -0.3 is 23.1 Å². The van der Waals surface area contributed by atoms with Crippen molar-refractivity contribution in [3.63, 3.8) is 0 Å². The molecular formula is C56H102O6SSi2. The Balaban J connectivity index is 1.51. The number of benzene rings is 1. The smallest absolute Gasteiger partial charge is 0.323 e. The Morgan fingerprint density at radius 3 is 1.68 bits per heavy atom. The lowest BCUT2D eigenvalue weighted by molar-refractivity contribution is -0.147. The van der Waals surface area contributed by atoms with E-state index in [-0.39, 0.29) is 46.6 Å². The lowest BCUT2D eigenvalue weighted by atomic mass is 9.94. The number of esters is 1. The second-order valence-electron chi connectivity index (χ2n) is 23.7. The molecule has 1 aromatic carbocycles. The van der Waals surface area contributed by atoms with Crippen molar-refractivity contribution in [1.82, 2.24) is 0 Å². The Morgan fingerprint density at radius 1 is 0.677 bits per heavy atom. The maximum absolute atomic E-state index is 13.7. The number of thioether (sulfide) groups is 1. The second kappa shape index (κ2) is 28.0. The fourth-order valence-corrected chi connectivity index (χ4v) is 13.5. The van der Waals surface area contributed by atoms with Crippen molar-refractivity contribution in [3.8, 4) is 0 Å². The van der Waals surface area contributed by atoms with Crippen molar-refractivity contribution in [2.45, 2.75) is 306 Å². The summed E-state index contributed by atoms with van der Waals surface area (Å²) in [4.78, 5) is 14.8. The highest BCUT2D eigenvalue weighted by Crippen LogP contribution is 2.48. The predicted octanol–water partition coefficient (Wildman–Crippen LogP) is 17.7. The Labute approximate surface area is 408 Å². The summed E-state index contributed by atoms with van der Waals surface area (Å²) in [5.74, 6) is -0.573. The molecule has 376 valence electrons. The van der Waals surface area contributed by atoms with Crippen LogP contribution in [-0.2, 0) is 27.9 Å². The van der Waals surface area contributed by atoms with Gasteiger partial charge in [0.1, 0.15) is 10.9 Å². The van der Waals surface area contributed by atoms with Crippen LogP contribution in [0.4, 0.5) is 0 Å². The summed E-state index contributed by atoms with van der Waals surface area (Å²) in [5, 5.41) is 0.254. The number of hydrogen-bond acceptors (Lipinski definition) is 7. The van der Waals surface area contributed by atoms with Gasteiger partial charge in [0, 0.05) is 23.5 Å². The van der Waals surface area contributed by atoms with E-state index in [0.29, 0.717) is 12.8 Å². The topological polar surface area (TPSA) is 63.2 Å². The first kappa shape index (κ1) is 58.4. The Kier molecular flexibility index (Phi) is 25.2. The molecular weight excluding hydrogens is 857 g/mol. The summed E-state index contributed by atoms with van der Waals surface area (Å²) in [6, 6.07) is 10.4. The van der Waals surface area contributed by atoms with Crippen LogP contribution in [0.1, 0.15) is 223 Å². The van der Waals surface area contributed by atoms with Gasteiger partial charge in [-0.25, -0.2) is 0 Å². The van der Waals surface area contributed by atoms with Crippen LogP contribution in [0.25, 0.3) is 0 Å². The van der Waals surface area contributed by atoms with E-state index in [9.17, 15) is 4.79 Å². The average Bonchev–Trinajstić information content (AvgIpc) is 3.65. The third kappa shape index (κ3) is 21.3. The molecule has 65 heavy (non-hydrogen) atoms. The molecule has 2 heterocycles. The molecule has 0 aromatic heterocycles. The summed E-state index contributed by atoms with van der Waals surface area (Å²) < 4.78 is 32.4. The standard InChI is InChI=1S/C56H102O6SSi2/c1-15-16-17-18-19-20-21-22-23-24-25-35-42-50-51(60-55(9,10)59-50)43-36-27-26-30-37-47(61-64(11,12)53(3,4)5)38-31-28-32-39-48(62-65(13,14)54(6,7)8)45-56(44-46(2)58-52(56)57)63-49-40-33-29-34-41-49/h26-27,29,33-34,40-41,46-48,50-51H,15-25,28,30-32,35-39,42-45H2,1-14H3/b27-26-/t46-,47-,48+,50+,51+,56?/m0/s1. The zero-order chi connectivity index (χ0) is 48.2. The molecule has 0 aliphatic carbocycles. The molecule has 2 aliphatic heterocycles. The largest absolute Gasteiger partial charge is 0.462 e. The first-order valence-corrected chi connectivity index (χ1v) is 33.4. The van der Waals surface area contributed by atoms with Crippen LogP contribution in [0, 0.1) is 0 Å².